The van der Waals surface area contributed by atoms with E-state index in [0.717, 1.165) is 77.5 Å². The average Bonchev–Trinajstić information content (AvgIpc) is 2.91. The third kappa shape index (κ3) is 10.2. The summed E-state index contributed by atoms with van der Waals surface area (Å²) in [6.45, 7) is 4.95. The van der Waals surface area contributed by atoms with Crippen LogP contribution in [0.4, 0.5) is 0 Å². The molecule has 35 heavy (non-hydrogen) atoms. The second-order valence-corrected chi connectivity index (χ2v) is 10.5. The molecule has 4 N–H and O–H groups in total. The van der Waals surface area contributed by atoms with Crippen LogP contribution in [0.2, 0.25) is 0 Å². The van der Waals surface area contributed by atoms with Crippen molar-refractivity contribution in [1.29, 1.82) is 0 Å². The van der Waals surface area contributed by atoms with Crippen molar-refractivity contribution < 1.29 is 10.2 Å². The molecule has 4 nitrogen and oxygen atoms in total. The molecule has 2 aromatic carbocycles. The van der Waals surface area contributed by atoms with Gasteiger partial charge in [0, 0.05) is 13.2 Å². The fourth-order valence-electron chi connectivity index (χ4n) is 5.51. The Balaban J connectivity index is 0.000000240. The zero-order valence-corrected chi connectivity index (χ0v) is 22.2. The number of aliphatic hydroxyl groups excluding tert-OH is 2. The van der Waals surface area contributed by atoms with E-state index >= 15 is 0 Å². The van der Waals surface area contributed by atoms with Crippen molar-refractivity contribution in [1.82, 2.24) is 10.6 Å². The van der Waals surface area contributed by atoms with Gasteiger partial charge in [-0.25, -0.2) is 0 Å². The summed E-state index contributed by atoms with van der Waals surface area (Å²) < 4.78 is 0. The van der Waals surface area contributed by atoms with Gasteiger partial charge in [0.2, 0.25) is 0 Å². The van der Waals surface area contributed by atoms with Crippen molar-refractivity contribution in [3.63, 3.8) is 0 Å². The summed E-state index contributed by atoms with van der Waals surface area (Å²) in [6.07, 6.45) is 11.4. The Morgan fingerprint density at radius 2 is 0.914 bits per heavy atom. The standard InChI is InChI=1S/2C15H23NO.ClH/c2*17-13-15(9-11-16-12-10-15)8-4-7-14-5-2-1-3-6-14;/h2*1-3,5-6,16-17H,4,7-13H2;1H. The first-order valence-electron chi connectivity index (χ1n) is 13.4. The van der Waals surface area contributed by atoms with Crippen LogP contribution in [-0.4, -0.2) is 49.6 Å². The Morgan fingerprint density at radius 1 is 0.571 bits per heavy atom. The Hall–Kier alpha value is -1.43. The van der Waals surface area contributed by atoms with Gasteiger partial charge >= 0.3 is 0 Å². The molecule has 0 unspecified atom stereocenters. The first kappa shape index (κ1) is 29.8. The van der Waals surface area contributed by atoms with Crippen LogP contribution >= 0.6 is 12.4 Å². The molecule has 0 saturated carbocycles. The van der Waals surface area contributed by atoms with Crippen LogP contribution in [0.5, 0.6) is 0 Å². The number of aryl methyl sites for hydroxylation is 2. The van der Waals surface area contributed by atoms with Gasteiger partial charge in [-0.15, -0.1) is 12.4 Å². The van der Waals surface area contributed by atoms with Crippen LogP contribution in [0.15, 0.2) is 60.7 Å². The number of halogens is 1. The molecule has 196 valence electrons. The van der Waals surface area contributed by atoms with Crippen LogP contribution < -0.4 is 10.6 Å². The molecule has 0 atom stereocenters. The molecule has 4 rings (SSSR count). The van der Waals surface area contributed by atoms with Crippen LogP contribution in [0.25, 0.3) is 0 Å². The molecule has 0 aliphatic carbocycles. The summed E-state index contributed by atoms with van der Waals surface area (Å²) in [5, 5.41) is 26.0. The molecule has 2 saturated heterocycles. The summed E-state index contributed by atoms with van der Waals surface area (Å²) in [5.74, 6) is 0. The number of aliphatic hydroxyl groups is 2. The van der Waals surface area contributed by atoms with Gasteiger partial charge in [-0.1, -0.05) is 60.7 Å². The highest BCUT2D eigenvalue weighted by molar-refractivity contribution is 5.85. The molecular weight excluding hydrogens is 456 g/mol. The first-order valence-corrected chi connectivity index (χ1v) is 13.4. The average molecular weight is 503 g/mol. The van der Waals surface area contributed by atoms with Crippen molar-refractivity contribution >= 4 is 12.4 Å². The third-order valence-corrected chi connectivity index (χ3v) is 8.03. The monoisotopic (exact) mass is 502 g/mol. The molecule has 0 bridgehead atoms. The maximum Gasteiger partial charge on any atom is 0.0488 e. The van der Waals surface area contributed by atoms with Crippen LogP contribution in [0.1, 0.15) is 62.5 Å². The molecule has 5 heteroatoms. The molecule has 0 amide bonds. The molecule has 0 spiro atoms. The zero-order valence-electron chi connectivity index (χ0n) is 21.4. The molecule has 0 radical (unpaired) electrons. The lowest BCUT2D eigenvalue weighted by atomic mass is 9.75. The van der Waals surface area contributed by atoms with Gasteiger partial charge in [-0.2, -0.15) is 0 Å². The number of rotatable bonds is 10. The van der Waals surface area contributed by atoms with E-state index in [9.17, 15) is 10.2 Å². The van der Waals surface area contributed by atoms with Crippen LogP contribution in [0.3, 0.4) is 0 Å². The fourth-order valence-corrected chi connectivity index (χ4v) is 5.51. The Kier molecular flexibility index (Phi) is 13.9. The van der Waals surface area contributed by atoms with Gasteiger partial charge in [0.15, 0.2) is 0 Å². The van der Waals surface area contributed by atoms with Gasteiger partial charge < -0.3 is 20.8 Å². The lowest BCUT2D eigenvalue weighted by molar-refractivity contribution is 0.0783. The quantitative estimate of drug-likeness (QED) is 0.362. The van der Waals surface area contributed by atoms with E-state index in [-0.39, 0.29) is 23.2 Å². The lowest BCUT2D eigenvalue weighted by Gasteiger charge is -2.36. The van der Waals surface area contributed by atoms with Gasteiger partial charge in [0.1, 0.15) is 0 Å². The fraction of sp³-hybridized carbons (Fsp3) is 0.600. The van der Waals surface area contributed by atoms with Gasteiger partial charge in [-0.05, 0) is 112 Å². The molecule has 2 aromatic rings. The zero-order chi connectivity index (χ0) is 24.0. The highest BCUT2D eigenvalue weighted by Crippen LogP contribution is 2.34. The maximum absolute atomic E-state index is 9.61. The molecule has 2 aliphatic heterocycles. The van der Waals surface area contributed by atoms with Crippen LogP contribution in [0, 0.1) is 10.8 Å². The number of piperidine rings is 2. The van der Waals surface area contributed by atoms with Crippen LogP contribution in [-0.2, 0) is 12.8 Å². The number of hydrogen-bond acceptors (Lipinski definition) is 4. The summed E-state index contributed by atoms with van der Waals surface area (Å²) >= 11 is 0. The van der Waals surface area contributed by atoms with Crippen molar-refractivity contribution in [2.75, 3.05) is 39.4 Å². The molecule has 2 fully saturated rings. The van der Waals surface area contributed by atoms with E-state index in [2.05, 4.69) is 71.3 Å². The minimum atomic E-state index is 0. The van der Waals surface area contributed by atoms with Gasteiger partial charge in [-0.3, -0.25) is 0 Å². The summed E-state index contributed by atoms with van der Waals surface area (Å²) in [4.78, 5) is 0. The second-order valence-electron chi connectivity index (χ2n) is 10.5. The Morgan fingerprint density at radius 3 is 1.23 bits per heavy atom. The maximum atomic E-state index is 9.61. The molecule has 0 aromatic heterocycles. The van der Waals surface area contributed by atoms with Gasteiger partial charge in [0.25, 0.3) is 0 Å². The first-order chi connectivity index (χ1) is 16.7. The molecule has 2 aliphatic rings. The largest absolute Gasteiger partial charge is 0.396 e. The number of nitrogens with one attached hydrogen (secondary N) is 2. The second kappa shape index (κ2) is 16.3. The van der Waals surface area contributed by atoms with Crippen molar-refractivity contribution in [2.45, 2.75) is 64.2 Å². The van der Waals surface area contributed by atoms with E-state index in [1.807, 2.05) is 0 Å². The summed E-state index contributed by atoms with van der Waals surface area (Å²) in [7, 11) is 0. The van der Waals surface area contributed by atoms with E-state index in [1.54, 1.807) is 0 Å². The van der Waals surface area contributed by atoms with Crippen molar-refractivity contribution in [3.8, 4) is 0 Å². The lowest BCUT2D eigenvalue weighted by Crippen LogP contribution is -2.39. The Labute approximate surface area is 219 Å². The van der Waals surface area contributed by atoms with Crippen molar-refractivity contribution in [2.24, 2.45) is 10.8 Å². The summed E-state index contributed by atoms with van der Waals surface area (Å²) in [6, 6.07) is 21.3. The van der Waals surface area contributed by atoms with E-state index in [0.29, 0.717) is 13.2 Å². The predicted octanol–water partition coefficient (Wildman–Crippen LogP) is 5.16. The minimum absolute atomic E-state index is 0. The SMILES string of the molecule is Cl.OCC1(CCCc2ccccc2)CCNCC1.OCC1(CCCc2ccccc2)CCNCC1. The molecule has 2 heterocycles. The number of hydrogen-bond donors (Lipinski definition) is 4. The smallest absolute Gasteiger partial charge is 0.0488 e. The summed E-state index contributed by atoms with van der Waals surface area (Å²) in [5.41, 5.74) is 3.21. The normalized spacial score (nSPS) is 18.6. The third-order valence-electron chi connectivity index (χ3n) is 8.03. The van der Waals surface area contributed by atoms with E-state index < -0.39 is 0 Å². The highest BCUT2D eigenvalue weighted by atomic mass is 35.5. The van der Waals surface area contributed by atoms with E-state index in [1.165, 1.54) is 24.0 Å². The van der Waals surface area contributed by atoms with Gasteiger partial charge in [0.05, 0.1) is 0 Å². The molecular formula is C30H47ClN2O2. The predicted molar refractivity (Wildman–Crippen MR) is 149 cm³/mol. The minimum Gasteiger partial charge on any atom is -0.396 e. The van der Waals surface area contributed by atoms with E-state index in [4.69, 9.17) is 0 Å². The Bertz CT molecular complexity index is 708. The van der Waals surface area contributed by atoms with Crippen molar-refractivity contribution in [3.05, 3.63) is 71.8 Å². The number of benzene rings is 2. The topological polar surface area (TPSA) is 64.5 Å². The highest BCUT2D eigenvalue weighted by Gasteiger charge is 2.31.